The smallest absolute Gasteiger partial charge is 0.339 e. The van der Waals surface area contributed by atoms with E-state index in [1.165, 1.54) is 24.3 Å². The van der Waals surface area contributed by atoms with E-state index in [1.54, 1.807) is 18.2 Å². The van der Waals surface area contributed by atoms with E-state index in [0.29, 0.717) is 19.4 Å². The highest BCUT2D eigenvalue weighted by molar-refractivity contribution is 6.30. The van der Waals surface area contributed by atoms with Crippen LogP contribution in [0, 0.1) is 0 Å². The number of esters is 1. The molecule has 2 aromatic rings. The zero-order valence-electron chi connectivity index (χ0n) is 14.8. The fraction of sp³-hybridized carbons (Fsp3) is 0.190. The van der Waals surface area contributed by atoms with Crippen molar-refractivity contribution in [3.05, 3.63) is 70.3 Å². The Hall–Kier alpha value is -3.61. The Balaban J connectivity index is 1.60. The number of hydrogen-bond acceptors (Lipinski definition) is 6. The van der Waals surface area contributed by atoms with Gasteiger partial charge in [-0.15, -0.1) is 0 Å². The molecule has 7 nitrogen and oxygen atoms in total. The number of rotatable bonds is 3. The lowest BCUT2D eigenvalue weighted by atomic mass is 9.82. The van der Waals surface area contributed by atoms with Gasteiger partial charge in [-0.3, -0.25) is 24.1 Å². The van der Waals surface area contributed by atoms with Crippen molar-refractivity contribution in [3.8, 4) is 0 Å². The fourth-order valence-corrected chi connectivity index (χ4v) is 3.51. The van der Waals surface area contributed by atoms with Gasteiger partial charge in [-0.2, -0.15) is 0 Å². The zero-order valence-corrected chi connectivity index (χ0v) is 14.8. The lowest BCUT2D eigenvalue weighted by Gasteiger charge is -2.19. The van der Waals surface area contributed by atoms with Crippen LogP contribution in [0.2, 0.25) is 0 Å². The van der Waals surface area contributed by atoms with Crippen LogP contribution in [0.4, 0.5) is 0 Å². The maximum atomic E-state index is 12.9. The SMILES string of the molecule is O=C(OCC(=O)N1CCCC1=O)c1cccc2c1C(=O)c1ccccc1C2=O. The molecule has 4 rings (SSSR count). The Bertz CT molecular complexity index is 1050. The van der Waals surface area contributed by atoms with Crippen LogP contribution in [0.5, 0.6) is 0 Å². The average Bonchev–Trinajstić information content (AvgIpc) is 3.15. The van der Waals surface area contributed by atoms with E-state index in [0.717, 1.165) is 4.90 Å². The summed E-state index contributed by atoms with van der Waals surface area (Å²) in [4.78, 5) is 62.9. The Labute approximate surface area is 159 Å². The molecule has 28 heavy (non-hydrogen) atoms. The van der Waals surface area contributed by atoms with Crippen molar-refractivity contribution in [2.45, 2.75) is 12.8 Å². The molecular weight excluding hydrogens is 362 g/mol. The van der Waals surface area contributed by atoms with Crippen molar-refractivity contribution in [2.24, 2.45) is 0 Å². The molecule has 0 spiro atoms. The molecule has 1 aliphatic heterocycles. The molecule has 7 heteroatoms. The maximum absolute atomic E-state index is 12.9. The normalized spacial score (nSPS) is 15.3. The standard InChI is InChI=1S/C21H15NO6/c23-16-9-4-10-22(16)17(24)11-28-21(27)15-8-3-7-14-18(15)20(26)13-6-2-1-5-12(13)19(14)25/h1-3,5-8H,4,9-11H2. The van der Waals surface area contributed by atoms with Crippen LogP contribution >= 0.6 is 0 Å². The highest BCUT2D eigenvalue weighted by Crippen LogP contribution is 2.29. The summed E-state index contributed by atoms with van der Waals surface area (Å²) in [6.45, 7) is -0.299. The highest BCUT2D eigenvalue weighted by atomic mass is 16.5. The van der Waals surface area contributed by atoms with Crippen LogP contribution in [0.3, 0.4) is 0 Å². The van der Waals surface area contributed by atoms with Gasteiger partial charge in [-0.1, -0.05) is 36.4 Å². The molecule has 0 atom stereocenters. The van der Waals surface area contributed by atoms with Crippen molar-refractivity contribution in [1.82, 2.24) is 4.90 Å². The quantitative estimate of drug-likeness (QED) is 0.645. The minimum absolute atomic E-state index is 0.0269. The van der Waals surface area contributed by atoms with Gasteiger partial charge < -0.3 is 4.74 Å². The summed E-state index contributed by atoms with van der Waals surface area (Å²) in [7, 11) is 0. The summed E-state index contributed by atoms with van der Waals surface area (Å²) in [5.74, 6) is -2.58. The zero-order chi connectivity index (χ0) is 19.8. The van der Waals surface area contributed by atoms with E-state index in [2.05, 4.69) is 0 Å². The second kappa shape index (κ2) is 6.84. The number of likely N-dealkylation sites (tertiary alicyclic amines) is 1. The molecule has 0 N–H and O–H groups in total. The molecule has 1 aliphatic carbocycles. The third-order valence-corrected chi connectivity index (χ3v) is 4.87. The molecule has 2 aliphatic rings. The van der Waals surface area contributed by atoms with E-state index in [9.17, 15) is 24.0 Å². The van der Waals surface area contributed by atoms with Crippen LogP contribution in [-0.2, 0) is 14.3 Å². The first kappa shape index (κ1) is 17.8. The molecule has 1 fully saturated rings. The van der Waals surface area contributed by atoms with Gasteiger partial charge in [0, 0.05) is 35.2 Å². The van der Waals surface area contributed by atoms with E-state index in [-0.39, 0.29) is 39.5 Å². The van der Waals surface area contributed by atoms with Crippen molar-refractivity contribution in [2.75, 3.05) is 13.2 Å². The Morgan fingerprint density at radius 3 is 2.25 bits per heavy atom. The van der Waals surface area contributed by atoms with Gasteiger partial charge in [0.1, 0.15) is 0 Å². The maximum Gasteiger partial charge on any atom is 0.339 e. The molecule has 0 radical (unpaired) electrons. The molecule has 0 aromatic heterocycles. The van der Waals surface area contributed by atoms with Crippen LogP contribution < -0.4 is 0 Å². The molecule has 0 saturated carbocycles. The monoisotopic (exact) mass is 377 g/mol. The van der Waals surface area contributed by atoms with Crippen molar-refractivity contribution in [1.29, 1.82) is 0 Å². The van der Waals surface area contributed by atoms with E-state index in [4.69, 9.17) is 4.74 Å². The molecular formula is C21H15NO6. The molecule has 1 heterocycles. The first-order chi connectivity index (χ1) is 13.5. The minimum atomic E-state index is -0.891. The number of carbonyl (C=O) groups excluding carboxylic acids is 5. The fourth-order valence-electron chi connectivity index (χ4n) is 3.51. The second-order valence-corrected chi connectivity index (χ2v) is 6.55. The average molecular weight is 377 g/mol. The summed E-state index contributed by atoms with van der Waals surface area (Å²) in [6.07, 6.45) is 0.878. The largest absolute Gasteiger partial charge is 0.452 e. The Morgan fingerprint density at radius 1 is 0.893 bits per heavy atom. The van der Waals surface area contributed by atoms with E-state index >= 15 is 0 Å². The summed E-state index contributed by atoms with van der Waals surface area (Å²) < 4.78 is 5.04. The van der Waals surface area contributed by atoms with E-state index < -0.39 is 24.3 Å². The molecule has 2 aromatic carbocycles. The number of hydrogen-bond donors (Lipinski definition) is 0. The number of ether oxygens (including phenoxy) is 1. The van der Waals surface area contributed by atoms with Gasteiger partial charge in [-0.05, 0) is 12.5 Å². The van der Waals surface area contributed by atoms with Crippen molar-refractivity contribution >= 4 is 29.4 Å². The lowest BCUT2D eigenvalue weighted by molar-refractivity contribution is -0.143. The Morgan fingerprint density at radius 2 is 1.57 bits per heavy atom. The second-order valence-electron chi connectivity index (χ2n) is 6.55. The third kappa shape index (κ3) is 2.81. The summed E-state index contributed by atoms with van der Waals surface area (Å²) in [6, 6.07) is 10.8. The first-order valence-electron chi connectivity index (χ1n) is 8.81. The molecule has 0 bridgehead atoms. The van der Waals surface area contributed by atoms with Crippen molar-refractivity contribution in [3.63, 3.8) is 0 Å². The first-order valence-corrected chi connectivity index (χ1v) is 8.81. The van der Waals surface area contributed by atoms with Crippen LogP contribution in [0.15, 0.2) is 42.5 Å². The Kier molecular flexibility index (Phi) is 4.35. The van der Waals surface area contributed by atoms with Gasteiger partial charge in [0.05, 0.1) is 5.56 Å². The van der Waals surface area contributed by atoms with Gasteiger partial charge >= 0.3 is 5.97 Å². The minimum Gasteiger partial charge on any atom is -0.452 e. The third-order valence-electron chi connectivity index (χ3n) is 4.87. The van der Waals surface area contributed by atoms with Gasteiger partial charge in [-0.25, -0.2) is 4.79 Å². The number of nitrogens with zero attached hydrogens (tertiary/aromatic N) is 1. The highest BCUT2D eigenvalue weighted by Gasteiger charge is 2.34. The van der Waals surface area contributed by atoms with Crippen LogP contribution in [-0.4, -0.2) is 47.4 Å². The summed E-state index contributed by atoms with van der Waals surface area (Å²) in [5, 5.41) is 0. The number of carbonyl (C=O) groups is 5. The van der Waals surface area contributed by atoms with Gasteiger partial charge in [0.15, 0.2) is 18.2 Å². The number of ketones is 2. The predicted molar refractivity (Wildman–Crippen MR) is 96.0 cm³/mol. The van der Waals surface area contributed by atoms with Crippen LogP contribution in [0.25, 0.3) is 0 Å². The van der Waals surface area contributed by atoms with Crippen molar-refractivity contribution < 1.29 is 28.7 Å². The van der Waals surface area contributed by atoms with Crippen LogP contribution in [0.1, 0.15) is 55.0 Å². The number of fused-ring (bicyclic) bond motifs is 2. The summed E-state index contributed by atoms with van der Waals surface area (Å²) in [5.41, 5.74) is 0.526. The lowest BCUT2D eigenvalue weighted by Crippen LogP contribution is -2.35. The number of amides is 2. The predicted octanol–water partition coefficient (Wildman–Crippen LogP) is 1.77. The van der Waals surface area contributed by atoms with Gasteiger partial charge in [0.2, 0.25) is 5.91 Å². The van der Waals surface area contributed by atoms with E-state index in [1.807, 2.05) is 0 Å². The molecule has 2 amide bonds. The van der Waals surface area contributed by atoms with Gasteiger partial charge in [0.25, 0.3) is 5.91 Å². The molecule has 140 valence electrons. The molecule has 1 saturated heterocycles. The molecule has 0 unspecified atom stereocenters. The number of benzene rings is 2. The topological polar surface area (TPSA) is 97.8 Å². The summed E-state index contributed by atoms with van der Waals surface area (Å²) >= 11 is 0. The number of imide groups is 1.